The minimum Gasteiger partial charge on any atom is -0.377 e. The van der Waals surface area contributed by atoms with Gasteiger partial charge in [0.05, 0.1) is 16.8 Å². The van der Waals surface area contributed by atoms with Crippen molar-refractivity contribution in [3.05, 3.63) is 42.5 Å². The molecule has 25 heavy (non-hydrogen) atoms. The van der Waals surface area contributed by atoms with Gasteiger partial charge in [-0.15, -0.1) is 11.8 Å². The van der Waals surface area contributed by atoms with Crippen molar-refractivity contribution in [2.45, 2.75) is 4.90 Å². The van der Waals surface area contributed by atoms with E-state index in [9.17, 15) is 4.79 Å². The summed E-state index contributed by atoms with van der Waals surface area (Å²) in [5, 5.41) is 7.62. The van der Waals surface area contributed by atoms with Gasteiger partial charge in [-0.1, -0.05) is 36.2 Å². The molecule has 2 amide bonds. The first-order valence-electron chi connectivity index (χ1n) is 7.51. The fourth-order valence-electron chi connectivity index (χ4n) is 2.49. The van der Waals surface area contributed by atoms with Gasteiger partial charge in [0, 0.05) is 19.0 Å². The van der Waals surface area contributed by atoms with E-state index in [-0.39, 0.29) is 0 Å². The van der Waals surface area contributed by atoms with Crippen LogP contribution in [0.25, 0.3) is 11.0 Å². The molecule has 3 rings (SSSR count). The maximum atomic E-state index is 12.6. The summed E-state index contributed by atoms with van der Waals surface area (Å²) in [7, 11) is 3.84. The van der Waals surface area contributed by atoms with Crippen LogP contribution in [0.3, 0.4) is 0 Å². The van der Waals surface area contributed by atoms with E-state index in [1.807, 2.05) is 61.6 Å². The number of thiol groups is 1. The molecule has 1 aromatic heterocycles. The molecule has 0 radical (unpaired) electrons. The molecule has 6 nitrogen and oxygen atoms in total. The van der Waals surface area contributed by atoms with Crippen molar-refractivity contribution in [3.8, 4) is 0 Å². The Bertz CT molecular complexity index is 911. The Hall–Kier alpha value is -2.32. The van der Waals surface area contributed by atoms with Crippen LogP contribution in [0.1, 0.15) is 0 Å². The number of hydrogen-bond acceptors (Lipinski definition) is 6. The van der Waals surface area contributed by atoms with E-state index in [2.05, 4.69) is 23.3 Å². The molecule has 1 heterocycles. The molecule has 0 saturated heterocycles. The van der Waals surface area contributed by atoms with Gasteiger partial charge in [0.1, 0.15) is 0 Å². The number of benzene rings is 2. The highest BCUT2D eigenvalue weighted by Crippen LogP contribution is 2.35. The molecule has 0 atom stereocenters. The predicted octanol–water partition coefficient (Wildman–Crippen LogP) is 4.50. The number of aromatic nitrogens is 1. The SMILES string of the molecule is CSc1ccccc1NC(=O)N(S)c1noc2cccc(N(C)C)c12. The first kappa shape index (κ1) is 17.5. The van der Waals surface area contributed by atoms with Crippen LogP contribution >= 0.6 is 24.6 Å². The molecule has 3 aromatic rings. The van der Waals surface area contributed by atoms with Crippen LogP contribution in [0.15, 0.2) is 51.9 Å². The Kier molecular flexibility index (Phi) is 5.10. The zero-order valence-electron chi connectivity index (χ0n) is 14.1. The van der Waals surface area contributed by atoms with Gasteiger partial charge >= 0.3 is 6.03 Å². The average Bonchev–Trinajstić information content (AvgIpc) is 3.05. The lowest BCUT2D eigenvalue weighted by molar-refractivity contribution is 0.260. The first-order valence-corrected chi connectivity index (χ1v) is 9.14. The normalized spacial score (nSPS) is 10.7. The molecule has 1 N–H and O–H groups in total. The number of carbonyl (C=O) groups excluding carboxylic acids is 1. The zero-order chi connectivity index (χ0) is 18.0. The highest BCUT2D eigenvalue weighted by Gasteiger charge is 2.22. The number of amides is 2. The van der Waals surface area contributed by atoms with E-state index in [0.29, 0.717) is 11.4 Å². The quantitative estimate of drug-likeness (QED) is 0.520. The summed E-state index contributed by atoms with van der Waals surface area (Å²) in [4.78, 5) is 15.5. The number of anilines is 3. The molecule has 0 aliphatic carbocycles. The Labute approximate surface area is 155 Å². The van der Waals surface area contributed by atoms with Crippen LogP contribution < -0.4 is 14.5 Å². The number of urea groups is 1. The minimum absolute atomic E-state index is 0.349. The lowest BCUT2D eigenvalue weighted by atomic mass is 10.2. The van der Waals surface area contributed by atoms with Gasteiger partial charge in [0.2, 0.25) is 0 Å². The minimum atomic E-state index is -0.409. The van der Waals surface area contributed by atoms with Gasteiger partial charge in [-0.05, 0) is 30.5 Å². The summed E-state index contributed by atoms with van der Waals surface area (Å²) in [5.41, 5.74) is 2.21. The van der Waals surface area contributed by atoms with Gasteiger partial charge in [-0.25, -0.2) is 9.10 Å². The largest absolute Gasteiger partial charge is 0.377 e. The topological polar surface area (TPSA) is 61.6 Å². The molecule has 0 bridgehead atoms. The van der Waals surface area contributed by atoms with Crippen molar-refractivity contribution in [3.63, 3.8) is 0 Å². The fraction of sp³-hybridized carbons (Fsp3) is 0.176. The molecular formula is C17H18N4O2S2. The molecule has 0 aliphatic rings. The molecule has 130 valence electrons. The lowest BCUT2D eigenvalue weighted by Gasteiger charge is -2.18. The van der Waals surface area contributed by atoms with E-state index in [1.54, 1.807) is 17.8 Å². The Morgan fingerprint density at radius 2 is 1.96 bits per heavy atom. The molecular weight excluding hydrogens is 356 g/mol. The van der Waals surface area contributed by atoms with E-state index < -0.39 is 6.03 Å². The van der Waals surface area contributed by atoms with Crippen molar-refractivity contribution < 1.29 is 9.32 Å². The molecule has 0 unspecified atom stereocenters. The maximum Gasteiger partial charge on any atom is 0.337 e. The number of carbonyl (C=O) groups is 1. The smallest absolute Gasteiger partial charge is 0.337 e. The van der Waals surface area contributed by atoms with Crippen LogP contribution in [0, 0.1) is 0 Å². The van der Waals surface area contributed by atoms with E-state index in [4.69, 9.17) is 4.52 Å². The maximum absolute atomic E-state index is 12.6. The summed E-state index contributed by atoms with van der Waals surface area (Å²) in [6.07, 6.45) is 1.96. The number of para-hydroxylation sites is 1. The molecule has 0 spiro atoms. The van der Waals surface area contributed by atoms with E-state index in [1.165, 1.54) is 0 Å². The standard InChI is InChI=1S/C17H18N4O2S2/c1-20(2)12-8-6-9-13-15(12)16(19-23-13)21(24)17(22)18-11-7-4-5-10-14(11)25-3/h4-10,24H,1-3H3,(H,18,22). The Balaban J connectivity index is 1.94. The third kappa shape index (κ3) is 3.40. The monoisotopic (exact) mass is 374 g/mol. The first-order chi connectivity index (χ1) is 12.0. The van der Waals surface area contributed by atoms with Crippen molar-refractivity contribution in [2.75, 3.05) is 34.9 Å². The number of nitrogens with one attached hydrogen (secondary N) is 1. The number of nitrogens with zero attached hydrogens (tertiary/aromatic N) is 3. The predicted molar refractivity (Wildman–Crippen MR) is 107 cm³/mol. The van der Waals surface area contributed by atoms with Crippen molar-refractivity contribution in [2.24, 2.45) is 0 Å². The summed E-state index contributed by atoms with van der Waals surface area (Å²) in [6, 6.07) is 12.8. The summed E-state index contributed by atoms with van der Waals surface area (Å²) < 4.78 is 6.52. The van der Waals surface area contributed by atoms with Crippen molar-refractivity contribution in [1.82, 2.24) is 5.16 Å². The summed E-state index contributed by atoms with van der Waals surface area (Å²) in [6.45, 7) is 0. The van der Waals surface area contributed by atoms with Crippen LogP contribution in [0.4, 0.5) is 22.0 Å². The number of hydrogen-bond donors (Lipinski definition) is 2. The molecule has 0 aliphatic heterocycles. The second kappa shape index (κ2) is 7.28. The third-order valence-electron chi connectivity index (χ3n) is 3.68. The van der Waals surface area contributed by atoms with Gasteiger partial charge in [-0.2, -0.15) is 0 Å². The van der Waals surface area contributed by atoms with Crippen molar-refractivity contribution in [1.29, 1.82) is 0 Å². The Morgan fingerprint density at radius 1 is 1.20 bits per heavy atom. The number of rotatable bonds is 4. The average molecular weight is 374 g/mol. The van der Waals surface area contributed by atoms with Gasteiger partial charge < -0.3 is 14.7 Å². The lowest BCUT2D eigenvalue weighted by Crippen LogP contribution is -2.27. The van der Waals surface area contributed by atoms with Gasteiger partial charge in [0.15, 0.2) is 11.4 Å². The molecule has 0 fully saturated rings. The second-order valence-corrected chi connectivity index (χ2v) is 6.74. The highest BCUT2D eigenvalue weighted by atomic mass is 32.2. The van der Waals surface area contributed by atoms with Crippen LogP contribution in [0.2, 0.25) is 0 Å². The van der Waals surface area contributed by atoms with Gasteiger partial charge in [-0.3, -0.25) is 0 Å². The fourth-order valence-corrected chi connectivity index (χ4v) is 3.23. The van der Waals surface area contributed by atoms with Crippen LogP contribution in [0.5, 0.6) is 0 Å². The Morgan fingerprint density at radius 3 is 2.68 bits per heavy atom. The summed E-state index contributed by atoms with van der Waals surface area (Å²) >= 11 is 5.90. The van der Waals surface area contributed by atoms with Gasteiger partial charge in [0.25, 0.3) is 0 Å². The number of thioether (sulfide) groups is 1. The van der Waals surface area contributed by atoms with E-state index in [0.717, 1.165) is 26.0 Å². The van der Waals surface area contributed by atoms with E-state index >= 15 is 0 Å². The highest BCUT2D eigenvalue weighted by molar-refractivity contribution is 7.98. The second-order valence-electron chi connectivity index (χ2n) is 5.49. The molecule has 8 heteroatoms. The molecule has 2 aromatic carbocycles. The molecule has 0 saturated carbocycles. The zero-order valence-corrected chi connectivity index (χ0v) is 15.8. The number of fused-ring (bicyclic) bond motifs is 1. The third-order valence-corrected chi connectivity index (χ3v) is 4.85. The van der Waals surface area contributed by atoms with Crippen molar-refractivity contribution >= 4 is 58.8 Å². The van der Waals surface area contributed by atoms with Crippen LogP contribution in [-0.4, -0.2) is 31.5 Å². The van der Waals surface area contributed by atoms with Crippen LogP contribution in [-0.2, 0) is 0 Å². The summed E-state index contributed by atoms with van der Waals surface area (Å²) in [5.74, 6) is 0.349.